The van der Waals surface area contributed by atoms with E-state index in [1.807, 2.05) is 25.8 Å². The summed E-state index contributed by atoms with van der Waals surface area (Å²) in [6, 6.07) is 0. The molecule has 0 fully saturated rings. The van der Waals surface area contributed by atoms with Gasteiger partial charge in [0, 0.05) is 33.1 Å². The van der Waals surface area contributed by atoms with Gasteiger partial charge in [0.1, 0.15) is 6.33 Å². The Labute approximate surface area is 123 Å². The Bertz CT molecular complexity index is 576. The molecule has 2 rings (SSSR count). The van der Waals surface area contributed by atoms with Crippen molar-refractivity contribution < 1.29 is 0 Å². The maximum Gasteiger partial charge on any atom is 0.231 e. The quantitative estimate of drug-likeness (QED) is 0.738. The van der Waals surface area contributed by atoms with E-state index >= 15 is 0 Å². The van der Waals surface area contributed by atoms with Gasteiger partial charge in [-0.15, -0.1) is 0 Å². The number of hydrogen-bond acceptors (Lipinski definition) is 8. The van der Waals surface area contributed by atoms with Gasteiger partial charge in [0.25, 0.3) is 0 Å². The summed E-state index contributed by atoms with van der Waals surface area (Å²) in [6.07, 6.45) is 2.36. The topological polar surface area (TPSA) is 111 Å². The number of nitrogens with one attached hydrogen (secondary N) is 1. The van der Waals surface area contributed by atoms with Crippen LogP contribution in [0.1, 0.15) is 19.7 Å². The highest BCUT2D eigenvalue weighted by Gasteiger charge is 2.09. The number of anilines is 3. The Hall–Kier alpha value is -2.45. The van der Waals surface area contributed by atoms with Gasteiger partial charge in [0.05, 0.1) is 0 Å². The Balaban J connectivity index is 1.99. The van der Waals surface area contributed by atoms with E-state index in [1.54, 1.807) is 11.0 Å². The van der Waals surface area contributed by atoms with E-state index in [-0.39, 0.29) is 5.95 Å². The molecular formula is C12H21N9. The number of aryl methyl sites for hydroxylation is 1. The first-order chi connectivity index (χ1) is 10.1. The van der Waals surface area contributed by atoms with Gasteiger partial charge >= 0.3 is 0 Å². The molecule has 0 aromatic carbocycles. The zero-order valence-electron chi connectivity index (χ0n) is 12.6. The van der Waals surface area contributed by atoms with Crippen molar-refractivity contribution in [2.75, 3.05) is 35.6 Å². The van der Waals surface area contributed by atoms with Gasteiger partial charge in [-0.05, 0) is 13.8 Å². The highest BCUT2D eigenvalue weighted by Crippen LogP contribution is 2.11. The monoisotopic (exact) mass is 291 g/mol. The van der Waals surface area contributed by atoms with E-state index in [2.05, 4.69) is 30.4 Å². The van der Waals surface area contributed by atoms with Crippen LogP contribution < -0.4 is 16.0 Å². The van der Waals surface area contributed by atoms with Crippen LogP contribution in [-0.2, 0) is 13.5 Å². The van der Waals surface area contributed by atoms with E-state index in [0.29, 0.717) is 24.9 Å². The summed E-state index contributed by atoms with van der Waals surface area (Å²) in [6.45, 7) is 6.35. The Kier molecular flexibility index (Phi) is 4.85. The molecule has 0 unspecified atom stereocenters. The molecule has 0 bridgehead atoms. The fraction of sp³-hybridized carbons (Fsp3) is 0.583. The average molecular weight is 291 g/mol. The summed E-state index contributed by atoms with van der Waals surface area (Å²) in [7, 11) is 1.84. The van der Waals surface area contributed by atoms with Crippen LogP contribution >= 0.6 is 0 Å². The van der Waals surface area contributed by atoms with Crippen LogP contribution in [0.2, 0.25) is 0 Å². The molecule has 0 aliphatic heterocycles. The molecule has 0 atom stereocenters. The van der Waals surface area contributed by atoms with Crippen LogP contribution in [-0.4, -0.2) is 49.4 Å². The molecular weight excluding hydrogens is 270 g/mol. The molecule has 0 radical (unpaired) electrons. The minimum Gasteiger partial charge on any atom is -0.368 e. The molecule has 9 nitrogen and oxygen atoms in total. The molecule has 0 spiro atoms. The summed E-state index contributed by atoms with van der Waals surface area (Å²) in [5.41, 5.74) is 5.74. The zero-order valence-corrected chi connectivity index (χ0v) is 12.6. The molecule has 2 heterocycles. The molecule has 0 aliphatic carbocycles. The highest BCUT2D eigenvalue weighted by atomic mass is 15.3. The normalized spacial score (nSPS) is 10.6. The zero-order chi connectivity index (χ0) is 15.2. The van der Waals surface area contributed by atoms with Gasteiger partial charge in [-0.1, -0.05) is 0 Å². The molecule has 2 aromatic rings. The first-order valence-corrected chi connectivity index (χ1v) is 6.97. The fourth-order valence-electron chi connectivity index (χ4n) is 1.89. The molecule has 2 aromatic heterocycles. The Morgan fingerprint density at radius 3 is 2.62 bits per heavy atom. The predicted octanol–water partition coefficient (Wildman–Crippen LogP) is 0.0831. The molecule has 21 heavy (non-hydrogen) atoms. The summed E-state index contributed by atoms with van der Waals surface area (Å²) in [5, 5.41) is 7.34. The smallest absolute Gasteiger partial charge is 0.231 e. The van der Waals surface area contributed by atoms with Crippen LogP contribution in [0.3, 0.4) is 0 Å². The maximum absolute atomic E-state index is 5.74. The van der Waals surface area contributed by atoms with Gasteiger partial charge in [0.15, 0.2) is 5.82 Å². The van der Waals surface area contributed by atoms with Gasteiger partial charge in [0.2, 0.25) is 17.8 Å². The molecule has 0 aliphatic rings. The van der Waals surface area contributed by atoms with E-state index in [0.717, 1.165) is 18.9 Å². The average Bonchev–Trinajstić information content (AvgIpc) is 2.85. The SMILES string of the molecule is CCN(CC)c1nc(N)nc(NCCc2ncn(C)n2)n1. The predicted molar refractivity (Wildman–Crippen MR) is 81.0 cm³/mol. The van der Waals surface area contributed by atoms with Crippen LogP contribution in [0.15, 0.2) is 6.33 Å². The second-order valence-electron chi connectivity index (χ2n) is 4.50. The minimum absolute atomic E-state index is 0.213. The molecule has 114 valence electrons. The fourth-order valence-corrected chi connectivity index (χ4v) is 1.89. The number of nitrogens with two attached hydrogens (primary N) is 1. The third-order valence-corrected chi connectivity index (χ3v) is 2.97. The summed E-state index contributed by atoms with van der Waals surface area (Å²) >= 11 is 0. The highest BCUT2D eigenvalue weighted by molar-refractivity contribution is 5.41. The summed E-state index contributed by atoms with van der Waals surface area (Å²) in [5.74, 6) is 2.05. The van der Waals surface area contributed by atoms with E-state index in [1.165, 1.54) is 0 Å². The van der Waals surface area contributed by atoms with Gasteiger partial charge in [-0.2, -0.15) is 20.1 Å². The first kappa shape index (κ1) is 14.9. The van der Waals surface area contributed by atoms with Crippen molar-refractivity contribution in [2.24, 2.45) is 7.05 Å². The Morgan fingerprint density at radius 1 is 1.24 bits per heavy atom. The number of rotatable bonds is 7. The van der Waals surface area contributed by atoms with Crippen molar-refractivity contribution in [3.05, 3.63) is 12.2 Å². The van der Waals surface area contributed by atoms with Crippen LogP contribution in [0, 0.1) is 0 Å². The van der Waals surface area contributed by atoms with Gasteiger partial charge in [-0.25, -0.2) is 4.98 Å². The lowest BCUT2D eigenvalue weighted by Gasteiger charge is -2.18. The third kappa shape index (κ3) is 4.01. The molecule has 0 amide bonds. The second-order valence-corrected chi connectivity index (χ2v) is 4.50. The molecule has 3 N–H and O–H groups in total. The lowest BCUT2D eigenvalue weighted by atomic mass is 10.4. The summed E-state index contributed by atoms with van der Waals surface area (Å²) < 4.78 is 1.68. The van der Waals surface area contributed by atoms with Crippen LogP contribution in [0.25, 0.3) is 0 Å². The number of hydrogen-bond donors (Lipinski definition) is 2. The third-order valence-electron chi connectivity index (χ3n) is 2.97. The van der Waals surface area contributed by atoms with Crippen molar-refractivity contribution in [3.8, 4) is 0 Å². The van der Waals surface area contributed by atoms with Crippen molar-refractivity contribution in [2.45, 2.75) is 20.3 Å². The van der Waals surface area contributed by atoms with E-state index in [9.17, 15) is 0 Å². The van der Waals surface area contributed by atoms with Crippen molar-refractivity contribution in [1.29, 1.82) is 0 Å². The van der Waals surface area contributed by atoms with Crippen molar-refractivity contribution in [3.63, 3.8) is 0 Å². The van der Waals surface area contributed by atoms with Crippen LogP contribution in [0.4, 0.5) is 17.8 Å². The lowest BCUT2D eigenvalue weighted by molar-refractivity contribution is 0.741. The van der Waals surface area contributed by atoms with Crippen molar-refractivity contribution >= 4 is 17.8 Å². The standard InChI is InChI=1S/C12H21N9/c1-4-21(5-2)12-17-10(13)16-11(18-12)14-7-6-9-15-8-20(3)19-9/h8H,4-7H2,1-3H3,(H3,13,14,16,17,18). The largest absolute Gasteiger partial charge is 0.368 e. The number of nitrogen functional groups attached to an aromatic ring is 1. The lowest BCUT2D eigenvalue weighted by Crippen LogP contribution is -2.25. The molecule has 0 saturated carbocycles. The molecule has 9 heteroatoms. The minimum atomic E-state index is 0.213. The number of aromatic nitrogens is 6. The van der Waals surface area contributed by atoms with E-state index in [4.69, 9.17) is 5.73 Å². The van der Waals surface area contributed by atoms with Gasteiger partial charge in [-0.3, -0.25) is 4.68 Å². The van der Waals surface area contributed by atoms with Crippen LogP contribution in [0.5, 0.6) is 0 Å². The first-order valence-electron chi connectivity index (χ1n) is 6.97. The Morgan fingerprint density at radius 2 is 2.00 bits per heavy atom. The van der Waals surface area contributed by atoms with Crippen molar-refractivity contribution in [1.82, 2.24) is 29.7 Å². The van der Waals surface area contributed by atoms with E-state index < -0.39 is 0 Å². The molecule has 0 saturated heterocycles. The van der Waals surface area contributed by atoms with Gasteiger partial charge < -0.3 is 16.0 Å². The summed E-state index contributed by atoms with van der Waals surface area (Å²) in [4.78, 5) is 18.8. The number of nitrogens with zero attached hydrogens (tertiary/aromatic N) is 7. The second kappa shape index (κ2) is 6.82. The maximum atomic E-state index is 5.74.